The minimum Gasteiger partial charge on any atom is -0.477 e. The lowest BCUT2D eigenvalue weighted by molar-refractivity contribution is 0.0685. The zero-order valence-electron chi connectivity index (χ0n) is 10.9. The smallest absolute Gasteiger partial charge is 0.354 e. The van der Waals surface area contributed by atoms with Gasteiger partial charge in [-0.25, -0.2) is 9.78 Å². The summed E-state index contributed by atoms with van der Waals surface area (Å²) in [4.78, 5) is 15.6. The number of aromatic nitrogens is 2. The van der Waals surface area contributed by atoms with Crippen molar-refractivity contribution >= 4 is 21.9 Å². The standard InChI is InChI=1S/C14H15BrN2O2/c1-9-16-12(13(14(18)19)17(9)2)7-6-10-4-3-5-11(15)8-10/h3-5,8H,6-7H2,1-2H3,(H,18,19). The van der Waals surface area contributed by atoms with Crippen molar-refractivity contribution in [1.29, 1.82) is 0 Å². The Balaban J connectivity index is 2.20. The molecule has 1 N–H and O–H groups in total. The lowest BCUT2D eigenvalue weighted by Gasteiger charge is -2.03. The number of carboxylic acids is 1. The zero-order chi connectivity index (χ0) is 14.0. The average Bonchev–Trinajstić information content (AvgIpc) is 2.63. The molecule has 0 amide bonds. The molecule has 0 radical (unpaired) electrons. The second-order valence-corrected chi connectivity index (χ2v) is 5.36. The number of carbonyl (C=O) groups is 1. The summed E-state index contributed by atoms with van der Waals surface area (Å²) in [6.45, 7) is 1.81. The summed E-state index contributed by atoms with van der Waals surface area (Å²) >= 11 is 3.43. The van der Waals surface area contributed by atoms with E-state index in [2.05, 4.69) is 20.9 Å². The van der Waals surface area contributed by atoms with E-state index in [9.17, 15) is 9.90 Å². The van der Waals surface area contributed by atoms with Crippen LogP contribution in [0.5, 0.6) is 0 Å². The lowest BCUT2D eigenvalue weighted by atomic mass is 10.1. The molecule has 0 aliphatic rings. The highest BCUT2D eigenvalue weighted by atomic mass is 79.9. The first-order valence-corrected chi connectivity index (χ1v) is 6.78. The van der Waals surface area contributed by atoms with Crippen LogP contribution in [-0.4, -0.2) is 20.6 Å². The molecule has 0 unspecified atom stereocenters. The quantitative estimate of drug-likeness (QED) is 0.941. The van der Waals surface area contributed by atoms with Crippen LogP contribution in [-0.2, 0) is 19.9 Å². The molecule has 0 spiro atoms. The molecular formula is C14H15BrN2O2. The topological polar surface area (TPSA) is 55.1 Å². The van der Waals surface area contributed by atoms with Crippen LogP contribution in [0.15, 0.2) is 28.7 Å². The number of aromatic carboxylic acids is 1. The van der Waals surface area contributed by atoms with E-state index in [1.807, 2.05) is 31.2 Å². The normalized spacial score (nSPS) is 10.7. The summed E-state index contributed by atoms with van der Waals surface area (Å²) in [6.07, 6.45) is 1.40. The maximum absolute atomic E-state index is 11.3. The number of hydrogen-bond acceptors (Lipinski definition) is 2. The van der Waals surface area contributed by atoms with Crippen molar-refractivity contribution in [2.45, 2.75) is 19.8 Å². The maximum Gasteiger partial charge on any atom is 0.354 e. The Labute approximate surface area is 120 Å². The third-order valence-corrected chi connectivity index (χ3v) is 3.63. The Kier molecular flexibility index (Phi) is 4.04. The van der Waals surface area contributed by atoms with Gasteiger partial charge in [0.25, 0.3) is 0 Å². The number of nitrogens with zero attached hydrogens (tertiary/aromatic N) is 2. The second-order valence-electron chi connectivity index (χ2n) is 4.45. The van der Waals surface area contributed by atoms with Crippen LogP contribution < -0.4 is 0 Å². The van der Waals surface area contributed by atoms with Crippen molar-refractivity contribution in [3.63, 3.8) is 0 Å². The molecule has 2 rings (SSSR count). The summed E-state index contributed by atoms with van der Waals surface area (Å²) in [5.74, 6) is -0.200. The summed E-state index contributed by atoms with van der Waals surface area (Å²) in [7, 11) is 1.73. The summed E-state index contributed by atoms with van der Waals surface area (Å²) in [5.41, 5.74) is 2.09. The van der Waals surface area contributed by atoms with E-state index in [-0.39, 0.29) is 5.69 Å². The average molecular weight is 323 g/mol. The summed E-state index contributed by atoms with van der Waals surface area (Å²) in [5, 5.41) is 9.23. The molecule has 0 aliphatic heterocycles. The van der Waals surface area contributed by atoms with Crippen molar-refractivity contribution in [1.82, 2.24) is 9.55 Å². The van der Waals surface area contributed by atoms with E-state index < -0.39 is 5.97 Å². The van der Waals surface area contributed by atoms with Crippen molar-refractivity contribution in [3.8, 4) is 0 Å². The molecule has 1 heterocycles. The van der Waals surface area contributed by atoms with Gasteiger partial charge in [-0.2, -0.15) is 0 Å². The van der Waals surface area contributed by atoms with Gasteiger partial charge in [0, 0.05) is 11.5 Å². The summed E-state index contributed by atoms with van der Waals surface area (Å²) < 4.78 is 2.65. The fourth-order valence-electron chi connectivity index (χ4n) is 2.08. The lowest BCUT2D eigenvalue weighted by Crippen LogP contribution is -2.08. The molecule has 0 saturated heterocycles. The molecular weight excluding hydrogens is 308 g/mol. The van der Waals surface area contributed by atoms with Crippen LogP contribution in [0.25, 0.3) is 0 Å². The first-order valence-electron chi connectivity index (χ1n) is 5.99. The largest absolute Gasteiger partial charge is 0.477 e. The molecule has 2 aromatic rings. The number of benzene rings is 1. The number of carboxylic acid groups (broad SMARTS) is 1. The fraction of sp³-hybridized carbons (Fsp3) is 0.286. The predicted molar refractivity (Wildman–Crippen MR) is 76.5 cm³/mol. The monoisotopic (exact) mass is 322 g/mol. The SMILES string of the molecule is Cc1nc(CCc2cccc(Br)c2)c(C(=O)O)n1C. The van der Waals surface area contributed by atoms with E-state index >= 15 is 0 Å². The van der Waals surface area contributed by atoms with Crippen LogP contribution in [0, 0.1) is 6.92 Å². The number of halogens is 1. The van der Waals surface area contributed by atoms with Crippen LogP contribution in [0.4, 0.5) is 0 Å². The fourth-order valence-corrected chi connectivity index (χ4v) is 2.52. The Morgan fingerprint density at radius 1 is 1.42 bits per heavy atom. The number of rotatable bonds is 4. The van der Waals surface area contributed by atoms with E-state index in [1.165, 1.54) is 0 Å². The van der Waals surface area contributed by atoms with Gasteiger partial charge < -0.3 is 9.67 Å². The Morgan fingerprint density at radius 3 is 2.79 bits per heavy atom. The predicted octanol–water partition coefficient (Wildman–Crippen LogP) is 2.97. The van der Waals surface area contributed by atoms with Crippen LogP contribution in [0.3, 0.4) is 0 Å². The van der Waals surface area contributed by atoms with E-state index in [1.54, 1.807) is 11.6 Å². The molecule has 0 atom stereocenters. The van der Waals surface area contributed by atoms with Gasteiger partial charge >= 0.3 is 5.97 Å². The maximum atomic E-state index is 11.3. The van der Waals surface area contributed by atoms with Gasteiger partial charge in [-0.05, 0) is 37.5 Å². The first-order chi connectivity index (χ1) is 8.99. The Hall–Kier alpha value is -1.62. The van der Waals surface area contributed by atoms with E-state index in [4.69, 9.17) is 0 Å². The van der Waals surface area contributed by atoms with Gasteiger partial charge in [0.1, 0.15) is 11.5 Å². The molecule has 0 saturated carbocycles. The first kappa shape index (κ1) is 13.8. The van der Waals surface area contributed by atoms with Gasteiger partial charge in [0.15, 0.2) is 0 Å². The molecule has 5 heteroatoms. The van der Waals surface area contributed by atoms with Crippen LogP contribution in [0.2, 0.25) is 0 Å². The Morgan fingerprint density at radius 2 is 2.16 bits per heavy atom. The molecule has 1 aromatic carbocycles. The highest BCUT2D eigenvalue weighted by Gasteiger charge is 2.18. The molecule has 1 aromatic heterocycles. The minimum absolute atomic E-state index is 0.285. The number of imidazole rings is 1. The molecule has 4 nitrogen and oxygen atoms in total. The van der Waals surface area contributed by atoms with Crippen LogP contribution >= 0.6 is 15.9 Å². The second kappa shape index (κ2) is 5.57. The van der Waals surface area contributed by atoms with Crippen LogP contribution in [0.1, 0.15) is 27.6 Å². The third kappa shape index (κ3) is 3.04. The van der Waals surface area contributed by atoms with Crippen molar-refractivity contribution in [2.75, 3.05) is 0 Å². The Bertz CT molecular complexity index is 620. The molecule has 19 heavy (non-hydrogen) atoms. The highest BCUT2D eigenvalue weighted by Crippen LogP contribution is 2.16. The molecule has 0 aliphatic carbocycles. The number of aryl methyl sites for hydroxylation is 3. The minimum atomic E-state index is -0.924. The van der Waals surface area contributed by atoms with Crippen molar-refractivity contribution < 1.29 is 9.90 Å². The van der Waals surface area contributed by atoms with E-state index in [0.717, 1.165) is 22.3 Å². The van der Waals surface area contributed by atoms with Crippen molar-refractivity contribution in [3.05, 3.63) is 51.5 Å². The van der Waals surface area contributed by atoms with Gasteiger partial charge in [-0.1, -0.05) is 28.1 Å². The molecule has 0 fully saturated rings. The third-order valence-electron chi connectivity index (χ3n) is 3.13. The van der Waals surface area contributed by atoms with Crippen molar-refractivity contribution in [2.24, 2.45) is 7.05 Å². The van der Waals surface area contributed by atoms with Gasteiger partial charge in [0.05, 0.1) is 5.69 Å². The highest BCUT2D eigenvalue weighted by molar-refractivity contribution is 9.10. The number of hydrogen-bond donors (Lipinski definition) is 1. The summed E-state index contributed by atoms with van der Waals surface area (Å²) in [6, 6.07) is 8.01. The molecule has 0 bridgehead atoms. The van der Waals surface area contributed by atoms with Gasteiger partial charge in [-0.3, -0.25) is 0 Å². The zero-order valence-corrected chi connectivity index (χ0v) is 12.4. The van der Waals surface area contributed by atoms with E-state index in [0.29, 0.717) is 12.1 Å². The molecule has 100 valence electrons. The van der Waals surface area contributed by atoms with Gasteiger partial charge in [-0.15, -0.1) is 0 Å². The van der Waals surface area contributed by atoms with Gasteiger partial charge in [0.2, 0.25) is 0 Å².